The topological polar surface area (TPSA) is 38.0 Å². The van der Waals surface area contributed by atoms with Crippen LogP contribution in [-0.4, -0.2) is 20.2 Å². The molecule has 1 aromatic heterocycles. The average molecular weight is 273 g/mol. The molecule has 1 N–H and O–H groups in total. The normalized spacial score (nSPS) is 14.4. The summed E-state index contributed by atoms with van der Waals surface area (Å²) >= 11 is 2.97. The van der Waals surface area contributed by atoms with Crippen LogP contribution in [0.25, 0.3) is 0 Å². The fourth-order valence-electron chi connectivity index (χ4n) is 1.01. The first-order valence-corrected chi connectivity index (χ1v) is 4.83. The molecular weight excluding hydrogens is 265 g/mol. The second kappa shape index (κ2) is 3.90. The maximum atomic E-state index is 12.2. The van der Waals surface area contributed by atoms with Crippen LogP contribution in [0.2, 0.25) is 0 Å². The van der Waals surface area contributed by atoms with Crippen molar-refractivity contribution in [2.24, 2.45) is 7.05 Å². The van der Waals surface area contributed by atoms with Gasteiger partial charge in [0.1, 0.15) is 6.10 Å². The van der Waals surface area contributed by atoms with Gasteiger partial charge in [-0.3, -0.25) is 4.68 Å². The van der Waals surface area contributed by atoms with Crippen LogP contribution in [-0.2, 0) is 13.2 Å². The first-order valence-electron chi connectivity index (χ1n) is 3.71. The number of hydrogen-bond acceptors (Lipinski definition) is 2. The Kier molecular flexibility index (Phi) is 3.20. The highest BCUT2D eigenvalue weighted by Gasteiger charge is 2.35. The standard InChI is InChI=1S/C7H8BrF3N2O/c1-13-4(5(14)3-8)2-6(12-13)7(9,10)11/h2,5,14H,3H2,1H3. The number of hydrogen-bond donors (Lipinski definition) is 1. The third-order valence-corrected chi connectivity index (χ3v) is 2.31. The molecule has 0 amide bonds. The average Bonchev–Trinajstić information content (AvgIpc) is 2.45. The van der Waals surface area contributed by atoms with Gasteiger partial charge in [-0.25, -0.2) is 0 Å². The van der Waals surface area contributed by atoms with Crippen molar-refractivity contribution < 1.29 is 18.3 Å². The van der Waals surface area contributed by atoms with Gasteiger partial charge >= 0.3 is 6.18 Å². The van der Waals surface area contributed by atoms with Crippen LogP contribution in [0.3, 0.4) is 0 Å². The van der Waals surface area contributed by atoms with E-state index in [1.54, 1.807) is 0 Å². The minimum Gasteiger partial charge on any atom is -0.386 e. The van der Waals surface area contributed by atoms with Gasteiger partial charge in [0, 0.05) is 12.4 Å². The van der Waals surface area contributed by atoms with Crippen LogP contribution >= 0.6 is 15.9 Å². The predicted molar refractivity (Wildman–Crippen MR) is 47.0 cm³/mol. The number of aliphatic hydroxyl groups is 1. The monoisotopic (exact) mass is 272 g/mol. The van der Waals surface area contributed by atoms with Gasteiger partial charge in [0.2, 0.25) is 0 Å². The van der Waals surface area contributed by atoms with E-state index in [0.29, 0.717) is 0 Å². The molecule has 1 unspecified atom stereocenters. The lowest BCUT2D eigenvalue weighted by Gasteiger charge is -2.05. The summed E-state index contributed by atoms with van der Waals surface area (Å²) in [6, 6.07) is 0.839. The Balaban J connectivity index is 3.05. The number of aliphatic hydroxyl groups excluding tert-OH is 1. The zero-order chi connectivity index (χ0) is 10.9. The maximum absolute atomic E-state index is 12.2. The van der Waals surface area contributed by atoms with Gasteiger partial charge < -0.3 is 5.11 Å². The Bertz CT molecular complexity index is 323. The highest BCUT2D eigenvalue weighted by Crippen LogP contribution is 2.29. The molecule has 0 radical (unpaired) electrons. The number of alkyl halides is 4. The first kappa shape index (κ1) is 11.5. The molecule has 0 aliphatic heterocycles. The molecule has 0 saturated heterocycles. The van der Waals surface area contributed by atoms with E-state index in [1.807, 2.05) is 0 Å². The van der Waals surface area contributed by atoms with Gasteiger partial charge in [-0.1, -0.05) is 15.9 Å². The summed E-state index contributed by atoms with van der Waals surface area (Å²) in [7, 11) is 1.36. The summed E-state index contributed by atoms with van der Waals surface area (Å²) < 4.78 is 37.6. The summed E-state index contributed by atoms with van der Waals surface area (Å²) in [5.41, 5.74) is -0.857. The van der Waals surface area contributed by atoms with E-state index in [0.717, 1.165) is 10.7 Å². The number of aryl methyl sites for hydroxylation is 1. The summed E-state index contributed by atoms with van der Waals surface area (Å²) in [5.74, 6) is 0. The quantitative estimate of drug-likeness (QED) is 0.835. The summed E-state index contributed by atoms with van der Waals surface area (Å²) in [6.45, 7) is 0. The Labute approximate surface area is 86.7 Å². The van der Waals surface area contributed by atoms with Crippen LogP contribution < -0.4 is 0 Å². The molecule has 0 aliphatic carbocycles. The van der Waals surface area contributed by atoms with Gasteiger partial charge in [-0.2, -0.15) is 18.3 Å². The van der Waals surface area contributed by atoms with Crippen molar-refractivity contribution in [2.75, 3.05) is 5.33 Å². The van der Waals surface area contributed by atoms with E-state index < -0.39 is 18.0 Å². The molecule has 1 rings (SSSR count). The number of nitrogens with zero attached hydrogens (tertiary/aromatic N) is 2. The molecule has 0 aromatic carbocycles. The minimum atomic E-state index is -4.47. The largest absolute Gasteiger partial charge is 0.435 e. The van der Waals surface area contributed by atoms with E-state index in [2.05, 4.69) is 21.0 Å². The number of aromatic nitrogens is 2. The molecule has 0 aliphatic rings. The first-order chi connectivity index (χ1) is 6.36. The van der Waals surface area contributed by atoms with Gasteiger partial charge in [-0.05, 0) is 6.07 Å². The van der Waals surface area contributed by atoms with Crippen molar-refractivity contribution in [2.45, 2.75) is 12.3 Å². The lowest BCUT2D eigenvalue weighted by molar-refractivity contribution is -0.141. The minimum absolute atomic E-state index is 0.134. The molecule has 0 fully saturated rings. The zero-order valence-corrected chi connectivity index (χ0v) is 8.80. The summed E-state index contributed by atoms with van der Waals surface area (Å²) in [4.78, 5) is 0. The molecule has 1 atom stereocenters. The van der Waals surface area contributed by atoms with E-state index in [4.69, 9.17) is 0 Å². The highest BCUT2D eigenvalue weighted by molar-refractivity contribution is 9.09. The lowest BCUT2D eigenvalue weighted by Crippen LogP contribution is -2.07. The number of halogens is 4. The van der Waals surface area contributed by atoms with Crippen molar-refractivity contribution >= 4 is 15.9 Å². The van der Waals surface area contributed by atoms with Crippen LogP contribution in [0.5, 0.6) is 0 Å². The van der Waals surface area contributed by atoms with Gasteiger partial charge in [0.15, 0.2) is 5.69 Å². The fraction of sp³-hybridized carbons (Fsp3) is 0.571. The highest BCUT2D eigenvalue weighted by atomic mass is 79.9. The molecule has 0 bridgehead atoms. The fourth-order valence-corrected chi connectivity index (χ4v) is 1.34. The van der Waals surface area contributed by atoms with Crippen molar-refractivity contribution in [1.29, 1.82) is 0 Å². The number of rotatable bonds is 2. The molecule has 0 spiro atoms. The molecule has 0 saturated carbocycles. The summed E-state index contributed by atoms with van der Waals surface area (Å²) in [6.07, 6.45) is -5.45. The van der Waals surface area contributed by atoms with E-state index >= 15 is 0 Å². The van der Waals surface area contributed by atoms with Crippen molar-refractivity contribution in [1.82, 2.24) is 9.78 Å². The second-order valence-electron chi connectivity index (χ2n) is 2.75. The Morgan fingerprint density at radius 2 is 2.21 bits per heavy atom. The maximum Gasteiger partial charge on any atom is 0.435 e. The van der Waals surface area contributed by atoms with Gasteiger partial charge in [0.05, 0.1) is 5.69 Å². The van der Waals surface area contributed by atoms with Crippen molar-refractivity contribution in [3.8, 4) is 0 Å². The third kappa shape index (κ3) is 2.27. The molecule has 7 heteroatoms. The Morgan fingerprint density at radius 3 is 2.57 bits per heavy atom. The van der Waals surface area contributed by atoms with E-state index in [-0.39, 0.29) is 11.0 Å². The smallest absolute Gasteiger partial charge is 0.386 e. The zero-order valence-electron chi connectivity index (χ0n) is 7.22. The molecule has 14 heavy (non-hydrogen) atoms. The van der Waals surface area contributed by atoms with Crippen LogP contribution in [0, 0.1) is 0 Å². The van der Waals surface area contributed by atoms with Gasteiger partial charge in [-0.15, -0.1) is 0 Å². The lowest BCUT2D eigenvalue weighted by atomic mass is 10.2. The van der Waals surface area contributed by atoms with Crippen LogP contribution in [0.15, 0.2) is 6.07 Å². The van der Waals surface area contributed by atoms with Crippen molar-refractivity contribution in [3.05, 3.63) is 17.5 Å². The molecule has 3 nitrogen and oxygen atoms in total. The molecule has 1 aromatic rings. The van der Waals surface area contributed by atoms with Crippen LogP contribution in [0.1, 0.15) is 17.5 Å². The third-order valence-electron chi connectivity index (χ3n) is 1.69. The predicted octanol–water partition coefficient (Wildman–Crippen LogP) is 1.87. The Morgan fingerprint density at radius 1 is 1.64 bits per heavy atom. The molecule has 1 heterocycles. The Hall–Kier alpha value is -0.560. The van der Waals surface area contributed by atoms with Crippen molar-refractivity contribution in [3.63, 3.8) is 0 Å². The van der Waals surface area contributed by atoms with Crippen LogP contribution in [0.4, 0.5) is 13.2 Å². The van der Waals surface area contributed by atoms with E-state index in [9.17, 15) is 18.3 Å². The van der Waals surface area contributed by atoms with E-state index in [1.165, 1.54) is 7.05 Å². The summed E-state index contributed by atoms with van der Waals surface area (Å²) in [5, 5.41) is 12.7. The van der Waals surface area contributed by atoms with Gasteiger partial charge in [0.25, 0.3) is 0 Å². The molecule has 80 valence electrons. The SMILES string of the molecule is Cn1nc(C(F)(F)F)cc1C(O)CBr. The molecular formula is C7H8BrF3N2O. The second-order valence-corrected chi connectivity index (χ2v) is 3.39.